The number of rotatable bonds is 7. The molecule has 0 amide bonds. The van der Waals surface area contributed by atoms with Crippen molar-refractivity contribution < 1.29 is 14.9 Å². The van der Waals surface area contributed by atoms with Gasteiger partial charge in [-0.2, -0.15) is 0 Å². The lowest BCUT2D eigenvalue weighted by molar-refractivity contribution is 0.336. The van der Waals surface area contributed by atoms with Gasteiger partial charge in [0.2, 0.25) is 0 Å². The summed E-state index contributed by atoms with van der Waals surface area (Å²) in [7, 11) is 0. The van der Waals surface area contributed by atoms with Gasteiger partial charge < -0.3 is 14.9 Å². The van der Waals surface area contributed by atoms with E-state index in [9.17, 15) is 10.2 Å². The number of phenols is 1. The van der Waals surface area contributed by atoms with E-state index in [2.05, 4.69) is 121 Å². The molecule has 0 aliphatic rings. The highest BCUT2D eigenvalue weighted by atomic mass is 32.2. The van der Waals surface area contributed by atoms with Gasteiger partial charge in [0.15, 0.2) is 0 Å². The second-order valence-electron chi connectivity index (χ2n) is 15.0. The fourth-order valence-electron chi connectivity index (χ4n) is 4.46. The Kier molecular flexibility index (Phi) is 10.1. The average Bonchev–Trinajstić information content (AvgIpc) is 2.72. The van der Waals surface area contributed by atoms with Crippen molar-refractivity contribution >= 4 is 23.5 Å². The molecule has 2 rings (SSSR count). The number of phenolic OH excluding ortho intramolecular Hbond substituents is 1. The van der Waals surface area contributed by atoms with Crippen LogP contribution >= 0.6 is 23.5 Å². The molecule has 0 radical (unpaired) electrons. The third-order valence-corrected chi connectivity index (χ3v) is 8.92. The van der Waals surface area contributed by atoms with Crippen molar-refractivity contribution in [3.8, 4) is 11.5 Å². The van der Waals surface area contributed by atoms with Crippen molar-refractivity contribution in [2.75, 3.05) is 6.61 Å². The molecule has 0 aliphatic carbocycles. The van der Waals surface area contributed by atoms with Crippen LogP contribution in [0, 0.1) is 0 Å². The predicted molar refractivity (Wildman–Crippen MR) is 172 cm³/mol. The van der Waals surface area contributed by atoms with Crippen molar-refractivity contribution in [1.82, 2.24) is 0 Å². The van der Waals surface area contributed by atoms with Gasteiger partial charge >= 0.3 is 0 Å². The number of aromatic hydroxyl groups is 1. The van der Waals surface area contributed by atoms with Crippen LogP contribution in [0.3, 0.4) is 0 Å². The standard InChI is InChI=1S/C34H52O3S2/c1-30(2,3)24-18-22(19-25(28(24)36)31(4,5)6)38-34(13,14)39-23-20-26(32(7,8)9)29(37-17-15-16-35)27(21-23)33(10,11)12/h15,17-21,35-36H,16H2,1-14H3/b17-15+. The molecule has 0 bridgehead atoms. The van der Waals surface area contributed by atoms with Crippen LogP contribution in [0.2, 0.25) is 0 Å². The maximum Gasteiger partial charge on any atom is 0.134 e. The van der Waals surface area contributed by atoms with Crippen molar-refractivity contribution in [2.24, 2.45) is 0 Å². The highest BCUT2D eigenvalue weighted by Gasteiger charge is 2.32. The summed E-state index contributed by atoms with van der Waals surface area (Å²) in [6, 6.07) is 8.87. The van der Waals surface area contributed by atoms with Gasteiger partial charge in [-0.1, -0.05) is 83.1 Å². The molecule has 0 heterocycles. The Bertz CT molecular complexity index is 1110. The third-order valence-electron chi connectivity index (χ3n) is 6.49. The maximum absolute atomic E-state index is 11.2. The van der Waals surface area contributed by atoms with Crippen LogP contribution in [0.5, 0.6) is 11.5 Å². The van der Waals surface area contributed by atoms with Crippen LogP contribution in [0.1, 0.15) is 119 Å². The topological polar surface area (TPSA) is 49.7 Å². The minimum absolute atomic E-state index is 0.0554. The molecule has 5 heteroatoms. The summed E-state index contributed by atoms with van der Waals surface area (Å²) in [5.41, 5.74) is 3.68. The Hall–Kier alpha value is -1.56. The molecule has 39 heavy (non-hydrogen) atoms. The zero-order valence-electron chi connectivity index (χ0n) is 26.8. The minimum Gasteiger partial charge on any atom is -0.507 e. The zero-order valence-corrected chi connectivity index (χ0v) is 28.4. The van der Waals surface area contributed by atoms with Crippen LogP contribution < -0.4 is 4.74 Å². The smallest absolute Gasteiger partial charge is 0.134 e. The number of ether oxygens (including phenoxy) is 1. The first-order valence-electron chi connectivity index (χ1n) is 13.8. The summed E-state index contributed by atoms with van der Waals surface area (Å²) in [5.74, 6) is 1.29. The SMILES string of the molecule is CC(C)(Sc1cc(C(C)(C)C)c(O)c(C(C)(C)C)c1)Sc1cc(C(C)(C)C)c(O/C=C/CO)c(C(C)(C)C)c1. The van der Waals surface area contributed by atoms with Gasteiger partial charge in [0.1, 0.15) is 11.5 Å². The largest absolute Gasteiger partial charge is 0.507 e. The third kappa shape index (κ3) is 8.96. The Morgan fingerprint density at radius 2 is 0.949 bits per heavy atom. The first-order chi connectivity index (χ1) is 17.5. The van der Waals surface area contributed by atoms with E-state index >= 15 is 0 Å². The fraction of sp³-hybridized carbons (Fsp3) is 0.588. The zero-order chi connectivity index (χ0) is 30.2. The summed E-state index contributed by atoms with van der Waals surface area (Å²) in [4.78, 5) is 2.37. The van der Waals surface area contributed by atoms with Crippen molar-refractivity contribution in [2.45, 2.75) is 132 Å². The summed E-state index contributed by atoms with van der Waals surface area (Å²) in [5, 5.41) is 20.4. The van der Waals surface area contributed by atoms with Crippen LogP contribution in [-0.4, -0.2) is 20.9 Å². The molecule has 0 fully saturated rings. The van der Waals surface area contributed by atoms with Gasteiger partial charge in [0.25, 0.3) is 0 Å². The lowest BCUT2D eigenvalue weighted by atomic mass is 9.79. The normalized spacial score (nSPS) is 13.8. The summed E-state index contributed by atoms with van der Waals surface area (Å²) >= 11 is 3.70. The van der Waals surface area contributed by atoms with Crippen molar-refractivity contribution in [1.29, 1.82) is 0 Å². The molecule has 2 N–H and O–H groups in total. The van der Waals surface area contributed by atoms with Gasteiger partial charge in [0.05, 0.1) is 16.9 Å². The molecule has 2 aromatic rings. The Balaban J connectivity index is 2.62. The molecule has 0 aromatic heterocycles. The number of hydrogen-bond donors (Lipinski definition) is 2. The molecule has 2 aromatic carbocycles. The monoisotopic (exact) mass is 572 g/mol. The first-order valence-corrected chi connectivity index (χ1v) is 15.5. The molecule has 3 nitrogen and oxygen atoms in total. The Morgan fingerprint density at radius 3 is 1.26 bits per heavy atom. The molecule has 0 atom stereocenters. The molecule has 218 valence electrons. The quantitative estimate of drug-likeness (QED) is 0.196. The minimum atomic E-state index is -0.176. The van der Waals surface area contributed by atoms with E-state index in [1.807, 2.05) is 23.5 Å². The van der Waals surface area contributed by atoms with E-state index in [-0.39, 0.29) is 32.3 Å². The molecule has 0 aliphatic heterocycles. The molecular weight excluding hydrogens is 521 g/mol. The molecule has 0 unspecified atom stereocenters. The van der Waals surface area contributed by atoms with Crippen LogP contribution in [0.4, 0.5) is 0 Å². The summed E-state index contributed by atoms with van der Waals surface area (Å²) in [6.45, 7) is 30.7. The average molecular weight is 573 g/mol. The fourth-order valence-corrected chi connectivity index (χ4v) is 7.05. The van der Waals surface area contributed by atoms with Gasteiger partial charge in [-0.3, -0.25) is 0 Å². The van der Waals surface area contributed by atoms with Crippen molar-refractivity contribution in [3.63, 3.8) is 0 Å². The van der Waals surface area contributed by atoms with E-state index in [4.69, 9.17) is 4.74 Å². The molecule has 0 spiro atoms. The van der Waals surface area contributed by atoms with Crippen LogP contribution in [-0.2, 0) is 21.7 Å². The highest BCUT2D eigenvalue weighted by Crippen LogP contribution is 2.51. The number of aliphatic hydroxyl groups is 1. The summed E-state index contributed by atoms with van der Waals surface area (Å²) < 4.78 is 5.99. The van der Waals surface area contributed by atoms with E-state index in [0.29, 0.717) is 5.75 Å². The summed E-state index contributed by atoms with van der Waals surface area (Å²) in [6.07, 6.45) is 3.22. The lowest BCUT2D eigenvalue weighted by Gasteiger charge is -2.32. The Labute approximate surface area is 247 Å². The van der Waals surface area contributed by atoms with Crippen LogP contribution in [0.15, 0.2) is 46.4 Å². The van der Waals surface area contributed by atoms with Gasteiger partial charge in [-0.25, -0.2) is 0 Å². The van der Waals surface area contributed by atoms with E-state index in [1.54, 1.807) is 12.3 Å². The second kappa shape index (κ2) is 11.7. The molecule has 0 saturated heterocycles. The number of benzene rings is 2. The van der Waals surface area contributed by atoms with E-state index in [1.165, 1.54) is 9.79 Å². The van der Waals surface area contributed by atoms with E-state index < -0.39 is 0 Å². The molecular formula is C34H52O3S2. The van der Waals surface area contributed by atoms with Gasteiger partial charge in [0, 0.05) is 32.0 Å². The number of thioether (sulfide) groups is 2. The Morgan fingerprint density at radius 1 is 0.615 bits per heavy atom. The van der Waals surface area contributed by atoms with Crippen LogP contribution in [0.25, 0.3) is 0 Å². The highest BCUT2D eigenvalue weighted by molar-refractivity contribution is 8.18. The van der Waals surface area contributed by atoms with Crippen molar-refractivity contribution in [3.05, 3.63) is 58.9 Å². The van der Waals surface area contributed by atoms with Gasteiger partial charge in [-0.05, 0) is 65.8 Å². The van der Waals surface area contributed by atoms with Gasteiger partial charge in [-0.15, -0.1) is 23.5 Å². The predicted octanol–water partition coefficient (Wildman–Crippen LogP) is 10.1. The first kappa shape index (κ1) is 33.6. The number of aliphatic hydroxyl groups excluding tert-OH is 1. The number of hydrogen-bond acceptors (Lipinski definition) is 5. The maximum atomic E-state index is 11.2. The second-order valence-corrected chi connectivity index (χ2v) is 18.6. The van der Waals surface area contributed by atoms with E-state index in [0.717, 1.165) is 28.0 Å². The lowest BCUT2D eigenvalue weighted by Crippen LogP contribution is -2.20. The molecule has 0 saturated carbocycles.